The average molecular weight is 304 g/mol. The van der Waals surface area contributed by atoms with Crippen LogP contribution in [-0.4, -0.2) is 31.6 Å². The number of nitrogens with one attached hydrogen (secondary N) is 1. The van der Waals surface area contributed by atoms with Crippen molar-refractivity contribution in [1.82, 2.24) is 19.9 Å². The zero-order chi connectivity index (χ0) is 15.0. The molecular weight excluding hydrogens is 280 g/mol. The Morgan fingerprint density at radius 1 is 1.48 bits per heavy atom. The zero-order valence-electron chi connectivity index (χ0n) is 13.3. The van der Waals surface area contributed by atoms with Gasteiger partial charge >= 0.3 is 0 Å². The van der Waals surface area contributed by atoms with Gasteiger partial charge in [-0.25, -0.2) is 9.50 Å². The number of nitrogens with zero attached hydrogens (tertiary/aromatic N) is 3. The van der Waals surface area contributed by atoms with Crippen LogP contribution >= 0.6 is 11.8 Å². The molecule has 0 spiro atoms. The highest BCUT2D eigenvalue weighted by Crippen LogP contribution is 2.37. The summed E-state index contributed by atoms with van der Waals surface area (Å²) in [5.41, 5.74) is 4.35. The van der Waals surface area contributed by atoms with Gasteiger partial charge in [-0.05, 0) is 46.3 Å². The Morgan fingerprint density at radius 2 is 2.29 bits per heavy atom. The first-order valence-electron chi connectivity index (χ1n) is 7.68. The molecule has 0 bridgehead atoms. The molecule has 3 heterocycles. The van der Waals surface area contributed by atoms with Crippen molar-refractivity contribution in [2.45, 2.75) is 51.3 Å². The maximum Gasteiger partial charge on any atom is 0.155 e. The van der Waals surface area contributed by atoms with Gasteiger partial charge in [-0.1, -0.05) is 0 Å². The van der Waals surface area contributed by atoms with Gasteiger partial charge in [0.2, 0.25) is 0 Å². The lowest BCUT2D eigenvalue weighted by Gasteiger charge is -2.26. The van der Waals surface area contributed by atoms with E-state index in [0.29, 0.717) is 10.8 Å². The van der Waals surface area contributed by atoms with Crippen molar-refractivity contribution < 1.29 is 0 Å². The van der Waals surface area contributed by atoms with Gasteiger partial charge in [0.15, 0.2) is 5.65 Å². The van der Waals surface area contributed by atoms with Gasteiger partial charge < -0.3 is 5.32 Å². The van der Waals surface area contributed by atoms with Crippen LogP contribution in [0.2, 0.25) is 0 Å². The molecule has 1 N–H and O–H groups in total. The predicted octanol–water partition coefficient (Wildman–Crippen LogP) is 3.28. The van der Waals surface area contributed by atoms with E-state index in [4.69, 9.17) is 0 Å². The fourth-order valence-electron chi connectivity index (χ4n) is 3.06. The molecule has 0 radical (unpaired) electrons. The van der Waals surface area contributed by atoms with E-state index in [-0.39, 0.29) is 0 Å². The van der Waals surface area contributed by atoms with Gasteiger partial charge in [-0.3, -0.25) is 0 Å². The molecule has 0 aromatic carbocycles. The Morgan fingerprint density at radius 3 is 3.00 bits per heavy atom. The average Bonchev–Trinajstić information content (AvgIpc) is 3.03. The zero-order valence-corrected chi connectivity index (χ0v) is 14.1. The van der Waals surface area contributed by atoms with E-state index in [9.17, 15) is 0 Å². The summed E-state index contributed by atoms with van der Waals surface area (Å²) >= 11 is 2.10. The van der Waals surface area contributed by atoms with Crippen LogP contribution in [0.5, 0.6) is 0 Å². The van der Waals surface area contributed by atoms with Crippen LogP contribution in [0.1, 0.15) is 49.7 Å². The van der Waals surface area contributed by atoms with Gasteiger partial charge in [0.05, 0.1) is 5.69 Å². The molecule has 1 fully saturated rings. The number of thioether (sulfide) groups is 1. The summed E-state index contributed by atoms with van der Waals surface area (Å²) in [6, 6.07) is 2.31. The van der Waals surface area contributed by atoms with E-state index >= 15 is 0 Å². The molecule has 4 nitrogen and oxygen atoms in total. The van der Waals surface area contributed by atoms with Crippen LogP contribution in [0.4, 0.5) is 0 Å². The molecule has 2 aromatic rings. The molecule has 0 saturated carbocycles. The Balaban J connectivity index is 1.77. The maximum absolute atomic E-state index is 4.54. The van der Waals surface area contributed by atoms with Crippen molar-refractivity contribution in [2.75, 3.05) is 12.3 Å². The summed E-state index contributed by atoms with van der Waals surface area (Å²) in [6.07, 6.45) is 4.65. The van der Waals surface area contributed by atoms with E-state index < -0.39 is 0 Å². The Hall–Kier alpha value is -1.07. The fourth-order valence-corrected chi connectivity index (χ4v) is 4.31. The minimum absolute atomic E-state index is 0.296. The SMILES string of the molecule is Cc1cc2ncc(C(C)NCC3(C)CCCS3)c(C)n2n1. The Labute approximate surface area is 130 Å². The number of aryl methyl sites for hydroxylation is 2. The first kappa shape index (κ1) is 14.9. The summed E-state index contributed by atoms with van der Waals surface area (Å²) in [5, 5.41) is 8.22. The third-order valence-corrected chi connectivity index (χ3v) is 5.97. The van der Waals surface area contributed by atoms with E-state index in [0.717, 1.165) is 17.9 Å². The summed E-state index contributed by atoms with van der Waals surface area (Å²) in [6.45, 7) is 9.77. The predicted molar refractivity (Wildman–Crippen MR) is 89.0 cm³/mol. The molecule has 114 valence electrons. The quantitative estimate of drug-likeness (QED) is 0.941. The van der Waals surface area contributed by atoms with Crippen molar-refractivity contribution in [1.29, 1.82) is 0 Å². The molecule has 1 aliphatic heterocycles. The van der Waals surface area contributed by atoms with E-state index in [1.165, 1.54) is 29.9 Å². The first-order chi connectivity index (χ1) is 9.98. The first-order valence-corrected chi connectivity index (χ1v) is 8.66. The number of hydrogen-bond acceptors (Lipinski definition) is 4. The van der Waals surface area contributed by atoms with Crippen LogP contribution < -0.4 is 5.32 Å². The molecule has 1 saturated heterocycles. The van der Waals surface area contributed by atoms with Gasteiger partial charge in [-0.15, -0.1) is 0 Å². The lowest BCUT2D eigenvalue weighted by molar-refractivity contribution is 0.487. The molecule has 21 heavy (non-hydrogen) atoms. The van der Waals surface area contributed by atoms with E-state index in [1.807, 2.05) is 23.7 Å². The smallest absolute Gasteiger partial charge is 0.155 e. The van der Waals surface area contributed by atoms with Crippen molar-refractivity contribution in [3.05, 3.63) is 29.2 Å². The Bertz CT molecular complexity index is 643. The molecule has 0 amide bonds. The van der Waals surface area contributed by atoms with Crippen molar-refractivity contribution in [3.8, 4) is 0 Å². The molecule has 5 heteroatoms. The minimum Gasteiger partial charge on any atom is -0.309 e. The number of rotatable bonds is 4. The summed E-state index contributed by atoms with van der Waals surface area (Å²) in [7, 11) is 0. The maximum atomic E-state index is 4.54. The second-order valence-electron chi connectivity index (χ2n) is 6.36. The standard InChI is InChI=1S/C16H24N4S/c1-11-8-15-17-9-14(13(3)20(15)19-11)12(2)18-10-16(4)6-5-7-21-16/h8-9,12,18H,5-7,10H2,1-4H3. The summed E-state index contributed by atoms with van der Waals surface area (Å²) < 4.78 is 2.34. The van der Waals surface area contributed by atoms with Gasteiger partial charge in [-0.2, -0.15) is 16.9 Å². The van der Waals surface area contributed by atoms with Gasteiger partial charge in [0.1, 0.15) is 0 Å². The Kier molecular flexibility index (Phi) is 3.97. The second-order valence-corrected chi connectivity index (χ2v) is 8.04. The van der Waals surface area contributed by atoms with Crippen LogP contribution in [0.3, 0.4) is 0 Å². The van der Waals surface area contributed by atoms with Crippen LogP contribution in [-0.2, 0) is 0 Å². The molecule has 2 atom stereocenters. The van der Waals surface area contributed by atoms with Gasteiger partial charge in [0, 0.05) is 40.9 Å². The molecule has 2 unspecified atom stereocenters. The third-order valence-electron chi connectivity index (χ3n) is 4.43. The van der Waals surface area contributed by atoms with E-state index in [1.54, 1.807) is 0 Å². The molecule has 3 rings (SSSR count). The highest BCUT2D eigenvalue weighted by molar-refractivity contribution is 8.00. The van der Waals surface area contributed by atoms with Crippen molar-refractivity contribution in [2.24, 2.45) is 0 Å². The lowest BCUT2D eigenvalue weighted by Crippen LogP contribution is -2.34. The minimum atomic E-state index is 0.296. The largest absolute Gasteiger partial charge is 0.309 e. The number of hydrogen-bond donors (Lipinski definition) is 1. The molecule has 0 aliphatic carbocycles. The number of fused-ring (bicyclic) bond motifs is 1. The van der Waals surface area contributed by atoms with Crippen LogP contribution in [0, 0.1) is 13.8 Å². The topological polar surface area (TPSA) is 42.2 Å². The van der Waals surface area contributed by atoms with Crippen molar-refractivity contribution >= 4 is 17.4 Å². The van der Waals surface area contributed by atoms with Crippen molar-refractivity contribution in [3.63, 3.8) is 0 Å². The number of aromatic nitrogens is 3. The van der Waals surface area contributed by atoms with Crippen LogP contribution in [0.25, 0.3) is 5.65 Å². The third kappa shape index (κ3) is 2.94. The lowest BCUT2D eigenvalue weighted by atomic mass is 10.0. The van der Waals surface area contributed by atoms with Crippen LogP contribution in [0.15, 0.2) is 12.3 Å². The summed E-state index contributed by atoms with van der Waals surface area (Å²) in [4.78, 5) is 4.54. The highest BCUT2D eigenvalue weighted by atomic mass is 32.2. The summed E-state index contributed by atoms with van der Waals surface area (Å²) in [5.74, 6) is 1.30. The highest BCUT2D eigenvalue weighted by Gasteiger charge is 2.29. The molecule has 2 aromatic heterocycles. The monoisotopic (exact) mass is 304 g/mol. The van der Waals surface area contributed by atoms with E-state index in [2.05, 4.69) is 47.9 Å². The molecular formula is C16H24N4S. The normalized spacial score (nSPS) is 23.8. The fraction of sp³-hybridized carbons (Fsp3) is 0.625. The van der Waals surface area contributed by atoms with Gasteiger partial charge in [0.25, 0.3) is 0 Å². The second kappa shape index (κ2) is 5.61. The molecule has 1 aliphatic rings.